The maximum Gasteiger partial charge on any atom is 0.317 e. The van der Waals surface area contributed by atoms with E-state index < -0.39 is 12.1 Å². The van der Waals surface area contributed by atoms with Crippen LogP contribution >= 0.6 is 0 Å². The molecular formula is C10H19NO4. The first kappa shape index (κ1) is 12.4. The van der Waals surface area contributed by atoms with Gasteiger partial charge in [-0.3, -0.25) is 9.69 Å². The molecule has 0 aromatic rings. The largest absolute Gasteiger partial charge is 0.480 e. The minimum Gasteiger partial charge on any atom is -0.480 e. The van der Waals surface area contributed by atoms with E-state index in [9.17, 15) is 9.90 Å². The molecule has 0 bridgehead atoms. The normalized spacial score (nSPS) is 19.7. The molecule has 0 radical (unpaired) electrons. The van der Waals surface area contributed by atoms with Crippen LogP contribution in [-0.4, -0.2) is 58.0 Å². The van der Waals surface area contributed by atoms with Crippen LogP contribution in [0.15, 0.2) is 0 Å². The predicted octanol–water partition coefficient (Wildman–Crippen LogP) is -0.331. The Morgan fingerprint density at radius 2 is 2.00 bits per heavy atom. The van der Waals surface area contributed by atoms with E-state index >= 15 is 0 Å². The summed E-state index contributed by atoms with van der Waals surface area (Å²) in [5.41, 5.74) is 0. The van der Waals surface area contributed by atoms with E-state index in [1.54, 1.807) is 4.90 Å². The molecule has 1 fully saturated rings. The van der Waals surface area contributed by atoms with Crippen molar-refractivity contribution in [2.45, 2.75) is 37.8 Å². The second-order valence-corrected chi connectivity index (χ2v) is 4.10. The molecule has 3 N–H and O–H groups in total. The van der Waals surface area contributed by atoms with Crippen LogP contribution in [0.2, 0.25) is 0 Å². The summed E-state index contributed by atoms with van der Waals surface area (Å²) in [6, 6.07) is 0.252. The van der Waals surface area contributed by atoms with E-state index in [1.807, 2.05) is 0 Å². The van der Waals surface area contributed by atoms with Gasteiger partial charge in [-0.25, -0.2) is 0 Å². The Morgan fingerprint density at radius 1 is 1.40 bits per heavy atom. The van der Waals surface area contributed by atoms with Crippen molar-refractivity contribution in [3.63, 3.8) is 0 Å². The Morgan fingerprint density at radius 3 is 2.47 bits per heavy atom. The molecule has 1 rings (SSSR count). The van der Waals surface area contributed by atoms with Crippen LogP contribution in [0.3, 0.4) is 0 Å². The van der Waals surface area contributed by atoms with Gasteiger partial charge in [0, 0.05) is 12.6 Å². The van der Waals surface area contributed by atoms with Gasteiger partial charge < -0.3 is 15.3 Å². The lowest BCUT2D eigenvalue weighted by molar-refractivity contribution is -0.139. The van der Waals surface area contributed by atoms with Crippen molar-refractivity contribution in [2.24, 2.45) is 0 Å². The smallest absolute Gasteiger partial charge is 0.317 e. The third-order valence-corrected chi connectivity index (χ3v) is 2.84. The van der Waals surface area contributed by atoms with Crippen LogP contribution in [0.4, 0.5) is 0 Å². The quantitative estimate of drug-likeness (QED) is 0.567. The van der Waals surface area contributed by atoms with Crippen molar-refractivity contribution in [3.8, 4) is 0 Å². The molecule has 5 heteroatoms. The number of hydrogen-bond donors (Lipinski definition) is 3. The van der Waals surface area contributed by atoms with Crippen LogP contribution in [0, 0.1) is 0 Å². The molecular weight excluding hydrogens is 198 g/mol. The highest BCUT2D eigenvalue weighted by Gasteiger charge is 2.25. The van der Waals surface area contributed by atoms with E-state index in [2.05, 4.69) is 0 Å². The van der Waals surface area contributed by atoms with Gasteiger partial charge in [0.25, 0.3) is 0 Å². The predicted molar refractivity (Wildman–Crippen MR) is 54.6 cm³/mol. The second kappa shape index (κ2) is 6.05. The zero-order valence-electron chi connectivity index (χ0n) is 8.80. The first-order valence-corrected chi connectivity index (χ1v) is 5.38. The molecule has 0 aliphatic heterocycles. The van der Waals surface area contributed by atoms with Gasteiger partial charge in [-0.05, 0) is 12.8 Å². The van der Waals surface area contributed by atoms with E-state index in [4.69, 9.17) is 10.2 Å². The maximum atomic E-state index is 10.7. The second-order valence-electron chi connectivity index (χ2n) is 4.10. The fourth-order valence-corrected chi connectivity index (χ4v) is 2.11. The van der Waals surface area contributed by atoms with Gasteiger partial charge in [0.05, 0.1) is 19.3 Å². The van der Waals surface area contributed by atoms with E-state index in [0.29, 0.717) is 0 Å². The molecule has 1 saturated carbocycles. The van der Waals surface area contributed by atoms with Crippen molar-refractivity contribution in [3.05, 3.63) is 0 Å². The molecule has 0 spiro atoms. The highest BCUT2D eigenvalue weighted by Crippen LogP contribution is 2.23. The van der Waals surface area contributed by atoms with Gasteiger partial charge in [0.15, 0.2) is 0 Å². The van der Waals surface area contributed by atoms with Gasteiger partial charge >= 0.3 is 5.97 Å². The number of carbonyl (C=O) groups is 1. The van der Waals surface area contributed by atoms with Crippen molar-refractivity contribution < 1.29 is 20.1 Å². The first-order chi connectivity index (χ1) is 7.13. The van der Waals surface area contributed by atoms with Crippen molar-refractivity contribution in [1.82, 2.24) is 4.90 Å². The molecule has 1 atom stereocenters. The summed E-state index contributed by atoms with van der Waals surface area (Å²) < 4.78 is 0. The fourth-order valence-electron chi connectivity index (χ4n) is 2.11. The number of hydrogen-bond acceptors (Lipinski definition) is 4. The lowest BCUT2D eigenvalue weighted by atomic mass is 10.2. The topological polar surface area (TPSA) is 81.0 Å². The SMILES string of the molecule is O=C(O)CN(CC(O)CO)C1CCCC1. The summed E-state index contributed by atoms with van der Waals surface area (Å²) in [4.78, 5) is 12.4. The summed E-state index contributed by atoms with van der Waals surface area (Å²) in [5.74, 6) is -0.882. The number of aliphatic carboxylic acids is 1. The van der Waals surface area contributed by atoms with Crippen LogP contribution in [-0.2, 0) is 4.79 Å². The van der Waals surface area contributed by atoms with Gasteiger partial charge in [-0.15, -0.1) is 0 Å². The standard InChI is InChI=1S/C10H19NO4/c12-7-9(13)5-11(6-10(14)15)8-3-1-2-4-8/h8-9,12-13H,1-7H2,(H,14,15). The molecule has 0 heterocycles. The van der Waals surface area contributed by atoms with Gasteiger partial charge in [0.1, 0.15) is 0 Å². The lowest BCUT2D eigenvalue weighted by Gasteiger charge is -2.28. The van der Waals surface area contributed by atoms with Gasteiger partial charge in [0.2, 0.25) is 0 Å². The number of carboxylic acid groups (broad SMARTS) is 1. The number of carboxylic acids is 1. The maximum absolute atomic E-state index is 10.7. The first-order valence-electron chi connectivity index (χ1n) is 5.38. The Balaban J connectivity index is 2.47. The average Bonchev–Trinajstić information content (AvgIpc) is 2.68. The molecule has 5 nitrogen and oxygen atoms in total. The molecule has 1 aliphatic carbocycles. The Labute approximate surface area is 89.3 Å². The molecule has 0 amide bonds. The Kier molecular flexibility index (Phi) is 5.01. The molecule has 88 valence electrons. The zero-order valence-corrected chi connectivity index (χ0v) is 8.80. The number of aliphatic hydroxyl groups is 2. The van der Waals surface area contributed by atoms with E-state index in [1.165, 1.54) is 0 Å². The van der Waals surface area contributed by atoms with Crippen molar-refractivity contribution in [1.29, 1.82) is 0 Å². The molecule has 1 unspecified atom stereocenters. The van der Waals surface area contributed by atoms with Gasteiger partial charge in [-0.2, -0.15) is 0 Å². The minimum absolute atomic E-state index is 0.0538. The van der Waals surface area contributed by atoms with Crippen LogP contribution in [0.5, 0.6) is 0 Å². The summed E-state index contributed by atoms with van der Waals surface area (Å²) in [5, 5.41) is 26.8. The third-order valence-electron chi connectivity index (χ3n) is 2.84. The molecule has 0 aromatic heterocycles. The summed E-state index contributed by atoms with van der Waals surface area (Å²) in [6.07, 6.45) is 3.38. The third kappa shape index (κ3) is 4.15. The number of nitrogens with zero attached hydrogens (tertiary/aromatic N) is 1. The molecule has 15 heavy (non-hydrogen) atoms. The number of aliphatic hydroxyl groups excluding tert-OH is 2. The van der Waals surface area contributed by atoms with Crippen LogP contribution < -0.4 is 0 Å². The highest BCUT2D eigenvalue weighted by molar-refractivity contribution is 5.69. The van der Waals surface area contributed by atoms with E-state index in [-0.39, 0.29) is 25.7 Å². The van der Waals surface area contributed by atoms with Crippen molar-refractivity contribution >= 4 is 5.97 Å². The molecule has 1 aliphatic rings. The average molecular weight is 217 g/mol. The van der Waals surface area contributed by atoms with Crippen LogP contribution in [0.1, 0.15) is 25.7 Å². The summed E-state index contributed by atoms with van der Waals surface area (Å²) in [6.45, 7) is -0.127. The Bertz CT molecular complexity index is 204. The van der Waals surface area contributed by atoms with Crippen LogP contribution in [0.25, 0.3) is 0 Å². The van der Waals surface area contributed by atoms with Crippen molar-refractivity contribution in [2.75, 3.05) is 19.7 Å². The summed E-state index contributed by atoms with van der Waals surface area (Å²) in [7, 11) is 0. The lowest BCUT2D eigenvalue weighted by Crippen LogP contribution is -2.43. The monoisotopic (exact) mass is 217 g/mol. The Hall–Kier alpha value is -0.650. The minimum atomic E-state index is -0.882. The van der Waals surface area contributed by atoms with E-state index in [0.717, 1.165) is 25.7 Å². The molecule has 0 saturated heterocycles. The summed E-state index contributed by atoms with van der Waals surface area (Å²) >= 11 is 0. The number of rotatable bonds is 6. The highest BCUT2D eigenvalue weighted by atomic mass is 16.4. The fraction of sp³-hybridized carbons (Fsp3) is 0.900. The molecule has 0 aromatic carbocycles. The van der Waals surface area contributed by atoms with Gasteiger partial charge in [-0.1, -0.05) is 12.8 Å². The zero-order chi connectivity index (χ0) is 11.3.